The van der Waals surface area contributed by atoms with Gasteiger partial charge < -0.3 is 5.32 Å². The van der Waals surface area contributed by atoms with Gasteiger partial charge in [-0.1, -0.05) is 40.9 Å². The molecular formula is C17H13Cl2N3OS2. The van der Waals surface area contributed by atoms with Gasteiger partial charge in [0.25, 0.3) is 5.91 Å². The molecule has 3 N–H and O–H groups in total. The van der Waals surface area contributed by atoms with E-state index >= 15 is 0 Å². The lowest BCUT2D eigenvalue weighted by Crippen LogP contribution is -2.43. The quantitative estimate of drug-likeness (QED) is 0.404. The summed E-state index contributed by atoms with van der Waals surface area (Å²) in [5.74, 6) is -0.365. The number of thiophene rings is 1. The molecule has 1 amide bonds. The van der Waals surface area contributed by atoms with Gasteiger partial charge in [0, 0.05) is 20.8 Å². The molecule has 0 unspecified atom stereocenters. The summed E-state index contributed by atoms with van der Waals surface area (Å²) in [6.07, 6.45) is 0. The number of hydrazine groups is 1. The summed E-state index contributed by atoms with van der Waals surface area (Å²) in [6, 6.07) is 13.1. The maximum Gasteiger partial charge on any atom is 0.281 e. The zero-order valence-electron chi connectivity index (χ0n) is 13.0. The molecule has 1 aromatic heterocycles. The smallest absolute Gasteiger partial charge is 0.281 e. The second-order valence-corrected chi connectivity index (χ2v) is 7.56. The monoisotopic (exact) mass is 409 g/mol. The van der Waals surface area contributed by atoms with Crippen molar-refractivity contribution in [3.8, 4) is 0 Å². The van der Waals surface area contributed by atoms with Crippen molar-refractivity contribution in [2.75, 3.05) is 5.32 Å². The van der Waals surface area contributed by atoms with Gasteiger partial charge in [-0.15, -0.1) is 11.3 Å². The molecule has 0 saturated carbocycles. The summed E-state index contributed by atoms with van der Waals surface area (Å²) in [6.45, 7) is 2.00. The summed E-state index contributed by atoms with van der Waals surface area (Å²) in [7, 11) is 0. The van der Waals surface area contributed by atoms with Crippen LogP contribution in [0.4, 0.5) is 5.69 Å². The van der Waals surface area contributed by atoms with Crippen molar-refractivity contribution >= 4 is 73.5 Å². The highest BCUT2D eigenvalue weighted by Crippen LogP contribution is 2.36. The Bertz CT molecular complexity index is 954. The highest BCUT2D eigenvalue weighted by atomic mass is 35.5. The number of carbonyl (C=O) groups is 1. The Morgan fingerprint density at radius 1 is 1.08 bits per heavy atom. The molecule has 1 heterocycles. The number of halogens is 2. The van der Waals surface area contributed by atoms with Crippen molar-refractivity contribution in [3.63, 3.8) is 0 Å². The van der Waals surface area contributed by atoms with Gasteiger partial charge in [-0.3, -0.25) is 15.6 Å². The third kappa shape index (κ3) is 4.22. The molecule has 0 radical (unpaired) electrons. The number of nitrogens with one attached hydrogen (secondary N) is 3. The van der Waals surface area contributed by atoms with E-state index in [1.807, 2.05) is 37.3 Å². The van der Waals surface area contributed by atoms with Crippen molar-refractivity contribution in [1.29, 1.82) is 0 Å². The second-order valence-electron chi connectivity index (χ2n) is 5.28. The van der Waals surface area contributed by atoms with E-state index in [0.29, 0.717) is 14.9 Å². The van der Waals surface area contributed by atoms with E-state index in [9.17, 15) is 4.79 Å². The molecule has 25 heavy (non-hydrogen) atoms. The normalized spacial score (nSPS) is 10.5. The number of thiocarbonyl (C=S) groups is 1. The average Bonchev–Trinajstić information content (AvgIpc) is 2.91. The highest BCUT2D eigenvalue weighted by Gasteiger charge is 2.17. The minimum Gasteiger partial charge on any atom is -0.331 e. The van der Waals surface area contributed by atoms with Crippen molar-refractivity contribution in [1.82, 2.24) is 10.9 Å². The number of aryl methyl sites for hydroxylation is 1. The lowest BCUT2D eigenvalue weighted by Gasteiger charge is -2.11. The van der Waals surface area contributed by atoms with E-state index in [4.69, 9.17) is 35.4 Å². The van der Waals surface area contributed by atoms with Crippen molar-refractivity contribution in [3.05, 3.63) is 63.0 Å². The molecular weight excluding hydrogens is 397 g/mol. The summed E-state index contributed by atoms with van der Waals surface area (Å²) < 4.78 is 0.889. The van der Waals surface area contributed by atoms with Gasteiger partial charge in [0.2, 0.25) is 0 Å². The molecule has 0 aliphatic heterocycles. The summed E-state index contributed by atoms with van der Waals surface area (Å²) >= 11 is 18.7. The third-order valence-corrected chi connectivity index (χ3v) is 5.51. The number of rotatable bonds is 2. The molecule has 0 aliphatic carbocycles. The topological polar surface area (TPSA) is 53.2 Å². The Morgan fingerprint density at radius 2 is 1.80 bits per heavy atom. The Morgan fingerprint density at radius 3 is 2.52 bits per heavy atom. The van der Waals surface area contributed by atoms with Crippen LogP contribution in [-0.2, 0) is 0 Å². The zero-order valence-corrected chi connectivity index (χ0v) is 16.2. The van der Waals surface area contributed by atoms with Crippen LogP contribution < -0.4 is 16.2 Å². The number of hydrogen-bond acceptors (Lipinski definition) is 3. The van der Waals surface area contributed by atoms with Gasteiger partial charge in [-0.25, -0.2) is 0 Å². The van der Waals surface area contributed by atoms with Gasteiger partial charge in [0.05, 0.1) is 5.02 Å². The van der Waals surface area contributed by atoms with Crippen LogP contribution in [0.15, 0.2) is 42.5 Å². The Hall–Kier alpha value is -1.86. The molecule has 0 spiro atoms. The molecule has 2 aromatic carbocycles. The second kappa shape index (κ2) is 7.58. The first-order valence-corrected chi connectivity index (χ1v) is 9.23. The first-order valence-electron chi connectivity index (χ1n) is 7.25. The molecule has 8 heteroatoms. The first kappa shape index (κ1) is 17.9. The van der Waals surface area contributed by atoms with Crippen LogP contribution >= 0.6 is 46.8 Å². The Balaban J connectivity index is 1.65. The molecule has 128 valence electrons. The lowest BCUT2D eigenvalue weighted by atomic mass is 10.2. The number of hydrogen-bond donors (Lipinski definition) is 3. The molecule has 0 bridgehead atoms. The van der Waals surface area contributed by atoms with Gasteiger partial charge in [0.15, 0.2) is 5.11 Å². The maximum atomic E-state index is 12.4. The largest absolute Gasteiger partial charge is 0.331 e. The van der Waals surface area contributed by atoms with Crippen LogP contribution in [0.5, 0.6) is 0 Å². The van der Waals surface area contributed by atoms with Crippen molar-refractivity contribution in [2.24, 2.45) is 0 Å². The van der Waals surface area contributed by atoms with E-state index in [1.165, 1.54) is 11.3 Å². The fraction of sp³-hybridized carbons (Fsp3) is 0.0588. The van der Waals surface area contributed by atoms with Crippen LogP contribution in [0.3, 0.4) is 0 Å². The van der Waals surface area contributed by atoms with Gasteiger partial charge in [-0.05, 0) is 49.5 Å². The fourth-order valence-corrected chi connectivity index (χ4v) is 3.88. The Labute approximate surface area is 164 Å². The number of amides is 1. The van der Waals surface area contributed by atoms with E-state index in [2.05, 4.69) is 16.2 Å². The van der Waals surface area contributed by atoms with Gasteiger partial charge >= 0.3 is 0 Å². The van der Waals surface area contributed by atoms with Crippen molar-refractivity contribution < 1.29 is 4.79 Å². The molecule has 3 rings (SSSR count). The molecule has 0 saturated heterocycles. The molecule has 0 atom stereocenters. The number of anilines is 1. The maximum absolute atomic E-state index is 12.4. The van der Waals surface area contributed by atoms with E-state index in [-0.39, 0.29) is 11.0 Å². The molecule has 3 aromatic rings. The number of benzene rings is 2. The summed E-state index contributed by atoms with van der Waals surface area (Å²) in [5.41, 5.74) is 7.19. The number of carbonyl (C=O) groups excluding carboxylic acids is 1. The average molecular weight is 410 g/mol. The predicted molar refractivity (Wildman–Crippen MR) is 110 cm³/mol. The highest BCUT2D eigenvalue weighted by molar-refractivity contribution is 7.80. The van der Waals surface area contributed by atoms with Crippen LogP contribution in [0.2, 0.25) is 10.0 Å². The lowest BCUT2D eigenvalue weighted by molar-refractivity contribution is 0.0948. The van der Waals surface area contributed by atoms with Gasteiger partial charge in [0.1, 0.15) is 4.88 Å². The van der Waals surface area contributed by atoms with Crippen LogP contribution in [0, 0.1) is 6.92 Å². The number of fused-ring (bicyclic) bond motifs is 1. The van der Waals surface area contributed by atoms with E-state index < -0.39 is 0 Å². The zero-order chi connectivity index (χ0) is 18.0. The molecule has 0 fully saturated rings. The van der Waals surface area contributed by atoms with Gasteiger partial charge in [-0.2, -0.15) is 0 Å². The molecule has 0 aliphatic rings. The minimum atomic E-state index is -0.365. The summed E-state index contributed by atoms with van der Waals surface area (Å²) in [5, 5.41) is 4.96. The van der Waals surface area contributed by atoms with Crippen molar-refractivity contribution in [2.45, 2.75) is 6.92 Å². The standard InChI is InChI=1S/C17H13Cl2N3OS2/c1-9-2-5-11(6-3-9)20-17(24)22-21-16(23)15-14(19)12-8-10(18)4-7-13(12)25-15/h2-8H,1H3,(H,21,23)(H2,20,22,24). The van der Waals surface area contributed by atoms with E-state index in [0.717, 1.165) is 21.3 Å². The molecule has 4 nitrogen and oxygen atoms in total. The first-order chi connectivity index (χ1) is 11.9. The predicted octanol–water partition coefficient (Wildman–Crippen LogP) is 5.15. The SMILES string of the molecule is Cc1ccc(NC(=S)NNC(=O)c2sc3ccc(Cl)cc3c2Cl)cc1. The minimum absolute atomic E-state index is 0.275. The van der Waals surface area contributed by atoms with Crippen LogP contribution in [0.25, 0.3) is 10.1 Å². The van der Waals surface area contributed by atoms with Crippen LogP contribution in [-0.4, -0.2) is 11.0 Å². The van der Waals surface area contributed by atoms with Crippen LogP contribution in [0.1, 0.15) is 15.2 Å². The third-order valence-electron chi connectivity index (χ3n) is 3.39. The fourth-order valence-electron chi connectivity index (χ4n) is 2.16. The Kier molecular flexibility index (Phi) is 5.44. The van der Waals surface area contributed by atoms with E-state index in [1.54, 1.807) is 12.1 Å². The summed E-state index contributed by atoms with van der Waals surface area (Å²) in [4.78, 5) is 12.7.